The van der Waals surface area contributed by atoms with Gasteiger partial charge >= 0.3 is 0 Å². The van der Waals surface area contributed by atoms with Crippen LogP contribution in [0.4, 0.5) is 0 Å². The zero-order valence-corrected chi connectivity index (χ0v) is 21.1. The van der Waals surface area contributed by atoms with Gasteiger partial charge in [0.1, 0.15) is 6.04 Å². The zero-order chi connectivity index (χ0) is 23.6. The van der Waals surface area contributed by atoms with Crippen molar-refractivity contribution in [3.63, 3.8) is 0 Å². The van der Waals surface area contributed by atoms with E-state index in [1.807, 2.05) is 23.9 Å². The lowest BCUT2D eigenvalue weighted by Gasteiger charge is -2.29. The van der Waals surface area contributed by atoms with E-state index in [9.17, 15) is 14.4 Å². The fourth-order valence-electron chi connectivity index (χ4n) is 4.74. The van der Waals surface area contributed by atoms with Gasteiger partial charge in [-0.3, -0.25) is 19.7 Å². The number of nitrogens with zero attached hydrogens (tertiary/aromatic N) is 2. The predicted molar refractivity (Wildman–Crippen MR) is 133 cm³/mol. The zero-order valence-electron chi connectivity index (χ0n) is 20.2. The SMILES string of the molecule is CCN(CC)CCCCCCCCCSc1cccc2c1CN(C1CCC(=O)NC1=O)C2=O. The topological polar surface area (TPSA) is 69.7 Å². The summed E-state index contributed by atoms with van der Waals surface area (Å²) >= 11 is 1.82. The fourth-order valence-corrected chi connectivity index (χ4v) is 5.83. The van der Waals surface area contributed by atoms with Crippen molar-refractivity contribution in [3.8, 4) is 0 Å². The van der Waals surface area contributed by atoms with Crippen molar-refractivity contribution in [2.75, 3.05) is 25.4 Å². The summed E-state index contributed by atoms with van der Waals surface area (Å²) in [7, 11) is 0. The van der Waals surface area contributed by atoms with Crippen molar-refractivity contribution in [3.05, 3.63) is 29.3 Å². The second-order valence-electron chi connectivity index (χ2n) is 9.03. The summed E-state index contributed by atoms with van der Waals surface area (Å²) in [6.07, 6.45) is 9.71. The minimum absolute atomic E-state index is 0.0945. The average Bonchev–Trinajstić information content (AvgIpc) is 3.14. The Morgan fingerprint density at radius 1 is 1.00 bits per heavy atom. The van der Waals surface area contributed by atoms with Crippen molar-refractivity contribution in [1.29, 1.82) is 0 Å². The highest BCUT2D eigenvalue weighted by molar-refractivity contribution is 7.99. The second-order valence-corrected chi connectivity index (χ2v) is 10.2. The van der Waals surface area contributed by atoms with Gasteiger partial charge in [-0.15, -0.1) is 11.8 Å². The van der Waals surface area contributed by atoms with Gasteiger partial charge in [-0.05, 0) is 62.3 Å². The number of fused-ring (bicyclic) bond motifs is 1. The lowest BCUT2D eigenvalue weighted by atomic mass is 10.0. The van der Waals surface area contributed by atoms with E-state index in [1.165, 1.54) is 51.5 Å². The Morgan fingerprint density at radius 2 is 1.70 bits per heavy atom. The molecule has 0 aromatic heterocycles. The maximum Gasteiger partial charge on any atom is 0.255 e. The molecule has 0 bridgehead atoms. The van der Waals surface area contributed by atoms with Gasteiger partial charge in [0.2, 0.25) is 11.8 Å². The van der Waals surface area contributed by atoms with Crippen molar-refractivity contribution in [2.45, 2.75) is 89.1 Å². The molecule has 2 aliphatic rings. The van der Waals surface area contributed by atoms with Crippen LogP contribution in [0.2, 0.25) is 0 Å². The van der Waals surface area contributed by atoms with E-state index in [1.54, 1.807) is 4.90 Å². The summed E-state index contributed by atoms with van der Waals surface area (Å²) in [6.45, 7) is 8.46. The Balaban J connectivity index is 1.36. The summed E-state index contributed by atoms with van der Waals surface area (Å²) in [5, 5.41) is 2.37. The monoisotopic (exact) mass is 473 g/mol. The Hall–Kier alpha value is -1.86. The van der Waals surface area contributed by atoms with Crippen molar-refractivity contribution in [2.24, 2.45) is 0 Å². The molecule has 0 spiro atoms. The van der Waals surface area contributed by atoms with Crippen LogP contribution < -0.4 is 5.32 Å². The van der Waals surface area contributed by atoms with Crippen LogP contribution in [0.5, 0.6) is 0 Å². The van der Waals surface area contributed by atoms with Crippen LogP contribution >= 0.6 is 11.8 Å². The standard InChI is InChI=1S/C26H39N3O3S/c1-3-28(4-2)17-10-8-6-5-7-9-11-18-33-23-14-12-13-20-21(23)19-29(26(20)32)22-15-16-24(30)27-25(22)31/h12-14,22H,3-11,15-19H2,1-2H3,(H,27,30,31). The van der Waals surface area contributed by atoms with E-state index < -0.39 is 6.04 Å². The molecule has 33 heavy (non-hydrogen) atoms. The van der Waals surface area contributed by atoms with Crippen LogP contribution in [0, 0.1) is 0 Å². The summed E-state index contributed by atoms with van der Waals surface area (Å²) < 4.78 is 0. The molecule has 1 fully saturated rings. The molecular weight excluding hydrogens is 434 g/mol. The molecule has 182 valence electrons. The van der Waals surface area contributed by atoms with Crippen molar-refractivity contribution in [1.82, 2.24) is 15.1 Å². The summed E-state index contributed by atoms with van der Waals surface area (Å²) in [6, 6.07) is 5.33. The number of hydrogen-bond acceptors (Lipinski definition) is 5. The molecule has 1 saturated heterocycles. The van der Waals surface area contributed by atoms with Gasteiger partial charge in [0.25, 0.3) is 5.91 Å². The van der Waals surface area contributed by atoms with Gasteiger partial charge in [0, 0.05) is 23.4 Å². The van der Waals surface area contributed by atoms with E-state index in [0.717, 1.165) is 29.3 Å². The first-order chi connectivity index (χ1) is 16.0. The summed E-state index contributed by atoms with van der Waals surface area (Å²) in [5.41, 5.74) is 1.74. The molecular formula is C26H39N3O3S. The highest BCUT2D eigenvalue weighted by atomic mass is 32.2. The van der Waals surface area contributed by atoms with Crippen LogP contribution in [-0.4, -0.2) is 59.0 Å². The van der Waals surface area contributed by atoms with Gasteiger partial charge in [-0.25, -0.2) is 0 Å². The predicted octanol–water partition coefficient (Wildman–Crippen LogP) is 4.61. The van der Waals surface area contributed by atoms with Gasteiger partial charge in [0.15, 0.2) is 0 Å². The van der Waals surface area contributed by atoms with E-state index in [0.29, 0.717) is 18.5 Å². The van der Waals surface area contributed by atoms with Gasteiger partial charge in [0.05, 0.1) is 0 Å². The Morgan fingerprint density at radius 3 is 2.39 bits per heavy atom. The van der Waals surface area contributed by atoms with Gasteiger partial charge < -0.3 is 9.80 Å². The molecule has 3 amide bonds. The number of amides is 3. The normalized spacial score (nSPS) is 18.2. The highest BCUT2D eigenvalue weighted by Gasteiger charge is 2.39. The van der Waals surface area contributed by atoms with Crippen LogP contribution in [0.15, 0.2) is 23.1 Å². The van der Waals surface area contributed by atoms with Crippen LogP contribution in [0.3, 0.4) is 0 Å². The highest BCUT2D eigenvalue weighted by Crippen LogP contribution is 2.34. The van der Waals surface area contributed by atoms with E-state index in [2.05, 4.69) is 30.1 Å². The molecule has 0 radical (unpaired) electrons. The minimum atomic E-state index is -0.549. The number of benzene rings is 1. The molecule has 2 heterocycles. The Labute approximate surface area is 202 Å². The maximum atomic E-state index is 12.9. The number of imide groups is 1. The molecule has 1 N–H and O–H groups in total. The molecule has 0 saturated carbocycles. The fraction of sp³-hybridized carbons (Fsp3) is 0.654. The average molecular weight is 474 g/mol. The third kappa shape index (κ3) is 7.06. The molecule has 1 aromatic rings. The van der Waals surface area contributed by atoms with Crippen LogP contribution in [0.25, 0.3) is 0 Å². The van der Waals surface area contributed by atoms with Crippen molar-refractivity contribution < 1.29 is 14.4 Å². The molecule has 1 aromatic carbocycles. The number of piperidine rings is 1. The van der Waals surface area contributed by atoms with Gasteiger partial charge in [-0.2, -0.15) is 0 Å². The maximum absolute atomic E-state index is 12.9. The molecule has 6 nitrogen and oxygen atoms in total. The summed E-state index contributed by atoms with van der Waals surface area (Å²) in [4.78, 5) is 41.9. The van der Waals surface area contributed by atoms with Crippen molar-refractivity contribution >= 4 is 29.5 Å². The Kier molecular flexibility index (Phi) is 10.3. The number of carbonyl (C=O) groups is 3. The molecule has 1 unspecified atom stereocenters. The number of unbranched alkanes of at least 4 members (excludes halogenated alkanes) is 6. The third-order valence-corrected chi connectivity index (χ3v) is 8.00. The lowest BCUT2D eigenvalue weighted by molar-refractivity contribution is -0.136. The first-order valence-electron chi connectivity index (χ1n) is 12.7. The largest absolute Gasteiger partial charge is 0.322 e. The number of nitrogens with one attached hydrogen (secondary N) is 1. The van der Waals surface area contributed by atoms with Crippen LogP contribution in [-0.2, 0) is 16.1 Å². The van der Waals surface area contributed by atoms with Crippen LogP contribution in [0.1, 0.15) is 87.6 Å². The van der Waals surface area contributed by atoms with Gasteiger partial charge in [-0.1, -0.05) is 52.0 Å². The number of rotatable bonds is 14. The molecule has 2 aliphatic heterocycles. The first-order valence-corrected chi connectivity index (χ1v) is 13.6. The smallest absolute Gasteiger partial charge is 0.255 e. The van der Waals surface area contributed by atoms with E-state index >= 15 is 0 Å². The molecule has 1 atom stereocenters. The second kappa shape index (κ2) is 13.1. The molecule has 7 heteroatoms. The lowest BCUT2D eigenvalue weighted by Crippen LogP contribution is -2.52. The Bertz CT molecular complexity index is 825. The van der Waals surface area contributed by atoms with E-state index in [4.69, 9.17) is 0 Å². The number of thioether (sulfide) groups is 1. The quantitative estimate of drug-likeness (QED) is 0.243. The third-order valence-electron chi connectivity index (χ3n) is 6.81. The summed E-state index contributed by atoms with van der Waals surface area (Å²) in [5.74, 6) is 0.347. The molecule has 0 aliphatic carbocycles. The first kappa shape index (κ1) is 25.8. The minimum Gasteiger partial charge on any atom is -0.322 e. The number of carbonyl (C=O) groups excluding carboxylic acids is 3. The molecule has 3 rings (SSSR count). The van der Waals surface area contributed by atoms with E-state index in [-0.39, 0.29) is 24.1 Å². The number of hydrogen-bond donors (Lipinski definition) is 1.